The first kappa shape index (κ1) is 19.1. The number of benzene rings is 2. The lowest BCUT2D eigenvalue weighted by Crippen LogP contribution is -2.14. The van der Waals surface area contributed by atoms with Crippen LogP contribution in [0, 0.1) is 10.1 Å². The Bertz CT molecular complexity index is 940. The van der Waals surface area contributed by atoms with Crippen LogP contribution in [0.4, 0.5) is 0 Å². The van der Waals surface area contributed by atoms with Crippen molar-refractivity contribution in [1.29, 1.82) is 0 Å². The number of hydrogen-bond acceptors (Lipinski definition) is 8. The highest BCUT2D eigenvalue weighted by atomic mass is 32.2. The molecule has 2 aromatic rings. The number of phenols is 1. The average molecular weight is 383 g/mol. The molecule has 0 radical (unpaired) electrons. The van der Waals surface area contributed by atoms with Crippen molar-refractivity contribution in [3.8, 4) is 11.5 Å². The van der Waals surface area contributed by atoms with Gasteiger partial charge in [-0.05, 0) is 23.3 Å². The molecule has 0 unspecified atom stereocenters. The van der Waals surface area contributed by atoms with Gasteiger partial charge >= 0.3 is 5.97 Å². The Hall–Kier alpha value is -3.18. The summed E-state index contributed by atoms with van der Waals surface area (Å²) in [5.41, 5.74) is 0.905. The highest BCUT2D eigenvalue weighted by molar-refractivity contribution is 7.86. The zero-order valence-corrected chi connectivity index (χ0v) is 13.9. The van der Waals surface area contributed by atoms with Crippen molar-refractivity contribution < 1.29 is 37.5 Å². The van der Waals surface area contributed by atoms with Gasteiger partial charge < -0.3 is 14.7 Å². The first-order chi connectivity index (χ1) is 12.1. The molecule has 11 heteroatoms. The highest BCUT2D eigenvalue weighted by Gasteiger charge is 2.20. The molecule has 2 aromatic carbocycles. The average Bonchev–Trinajstić information content (AvgIpc) is 2.54. The summed E-state index contributed by atoms with van der Waals surface area (Å²) in [4.78, 5) is 25.7. The second kappa shape index (κ2) is 7.80. The summed E-state index contributed by atoms with van der Waals surface area (Å²) < 4.78 is 36.7. The third-order valence-electron chi connectivity index (χ3n) is 3.11. The summed E-state index contributed by atoms with van der Waals surface area (Å²) in [6.07, 6.45) is -0.266. The standard InChI is InChI=1S/C15H13NO9S/c17-12-4-5-13(14(8-12)26(21,22)23)25-15(18)7-10-2-1-3-11(6-10)9-24-16(19)20/h1-6,8,17H,7,9H2,(H,21,22,23). The molecule has 2 rings (SSSR count). The van der Waals surface area contributed by atoms with Crippen LogP contribution >= 0.6 is 0 Å². The maximum Gasteiger partial charge on any atom is 0.315 e. The highest BCUT2D eigenvalue weighted by Crippen LogP contribution is 2.28. The largest absolute Gasteiger partial charge is 0.508 e. The van der Waals surface area contributed by atoms with Gasteiger partial charge in [0.05, 0.1) is 6.42 Å². The smallest absolute Gasteiger partial charge is 0.315 e. The fourth-order valence-electron chi connectivity index (χ4n) is 2.06. The Balaban J connectivity index is 2.13. The van der Waals surface area contributed by atoms with E-state index in [0.717, 1.165) is 18.2 Å². The first-order valence-corrected chi connectivity index (χ1v) is 8.45. The molecule has 0 saturated heterocycles. The quantitative estimate of drug-likeness (QED) is 0.238. The topological polar surface area (TPSA) is 153 Å². The van der Waals surface area contributed by atoms with E-state index in [9.17, 15) is 28.4 Å². The molecule has 26 heavy (non-hydrogen) atoms. The molecule has 0 bridgehead atoms. The number of aromatic hydroxyl groups is 1. The van der Waals surface area contributed by atoms with Crippen molar-refractivity contribution in [2.24, 2.45) is 0 Å². The summed E-state index contributed by atoms with van der Waals surface area (Å²) in [5.74, 6) is -1.72. The van der Waals surface area contributed by atoms with Gasteiger partial charge in [0.15, 0.2) is 5.75 Å². The van der Waals surface area contributed by atoms with Gasteiger partial charge in [-0.2, -0.15) is 8.42 Å². The summed E-state index contributed by atoms with van der Waals surface area (Å²) in [6.45, 7) is -0.291. The van der Waals surface area contributed by atoms with E-state index < -0.39 is 37.6 Å². The molecule has 0 amide bonds. The van der Waals surface area contributed by atoms with Crippen LogP contribution in [0.3, 0.4) is 0 Å². The minimum atomic E-state index is -4.71. The maximum atomic E-state index is 12.0. The third-order valence-corrected chi connectivity index (χ3v) is 3.98. The Kier molecular flexibility index (Phi) is 5.75. The van der Waals surface area contributed by atoms with Gasteiger partial charge in [0.1, 0.15) is 17.3 Å². The molecule has 0 heterocycles. The zero-order chi connectivity index (χ0) is 19.3. The molecule has 138 valence electrons. The summed E-state index contributed by atoms with van der Waals surface area (Å²) in [7, 11) is -4.71. The Morgan fingerprint density at radius 3 is 2.50 bits per heavy atom. The predicted molar refractivity (Wildman–Crippen MR) is 85.5 cm³/mol. The van der Waals surface area contributed by atoms with Crippen LogP contribution in [0.15, 0.2) is 47.4 Å². The van der Waals surface area contributed by atoms with Crippen LogP contribution in [-0.4, -0.2) is 29.1 Å². The minimum Gasteiger partial charge on any atom is -0.508 e. The normalized spacial score (nSPS) is 11.0. The van der Waals surface area contributed by atoms with Gasteiger partial charge in [-0.1, -0.05) is 24.3 Å². The Morgan fingerprint density at radius 1 is 1.15 bits per heavy atom. The molecule has 0 saturated carbocycles. The Morgan fingerprint density at radius 2 is 1.85 bits per heavy atom. The maximum absolute atomic E-state index is 12.0. The second-order valence-electron chi connectivity index (χ2n) is 5.07. The number of esters is 1. The van der Waals surface area contributed by atoms with Gasteiger partial charge in [0, 0.05) is 6.07 Å². The van der Waals surface area contributed by atoms with Crippen LogP contribution in [0.25, 0.3) is 0 Å². The number of ether oxygens (including phenoxy) is 1. The number of rotatable bonds is 7. The SMILES string of the molecule is O=C(Cc1cccc(CO[N+](=O)[O-])c1)Oc1ccc(O)cc1S(=O)(=O)O. The molecule has 10 nitrogen and oxygen atoms in total. The Labute approximate surface area is 147 Å². The first-order valence-electron chi connectivity index (χ1n) is 7.01. The fraction of sp³-hybridized carbons (Fsp3) is 0.133. The van der Waals surface area contributed by atoms with Crippen LogP contribution in [0.2, 0.25) is 0 Å². The van der Waals surface area contributed by atoms with Crippen molar-refractivity contribution in [3.63, 3.8) is 0 Å². The van der Waals surface area contributed by atoms with Crippen molar-refractivity contribution >= 4 is 16.1 Å². The van der Waals surface area contributed by atoms with Crippen LogP contribution in [0.1, 0.15) is 11.1 Å². The lowest BCUT2D eigenvalue weighted by molar-refractivity contribution is -0.763. The van der Waals surface area contributed by atoms with E-state index in [4.69, 9.17) is 9.29 Å². The molecule has 2 N–H and O–H groups in total. The van der Waals surface area contributed by atoms with E-state index in [1.165, 1.54) is 6.07 Å². The van der Waals surface area contributed by atoms with E-state index in [1.807, 2.05) is 0 Å². The van der Waals surface area contributed by atoms with Gasteiger partial charge in [-0.25, -0.2) is 0 Å². The summed E-state index contributed by atoms with van der Waals surface area (Å²) in [6, 6.07) is 9.04. The van der Waals surface area contributed by atoms with Crippen LogP contribution < -0.4 is 4.74 Å². The third kappa shape index (κ3) is 5.43. The molecule has 0 aromatic heterocycles. The monoisotopic (exact) mass is 383 g/mol. The van der Waals surface area contributed by atoms with E-state index in [0.29, 0.717) is 11.1 Å². The molecular weight excluding hydrogens is 370 g/mol. The summed E-state index contributed by atoms with van der Waals surface area (Å²) >= 11 is 0. The molecule has 0 atom stereocenters. The van der Waals surface area contributed by atoms with Crippen LogP contribution in [-0.2, 0) is 32.8 Å². The van der Waals surface area contributed by atoms with Crippen molar-refractivity contribution in [2.75, 3.05) is 0 Å². The number of hydrogen-bond donors (Lipinski definition) is 2. The van der Waals surface area contributed by atoms with E-state index in [-0.39, 0.29) is 13.0 Å². The van der Waals surface area contributed by atoms with Crippen LogP contribution in [0.5, 0.6) is 11.5 Å². The minimum absolute atomic E-state index is 0.266. The molecular formula is C15H13NO9S. The zero-order valence-electron chi connectivity index (χ0n) is 13.1. The van der Waals surface area contributed by atoms with E-state index >= 15 is 0 Å². The van der Waals surface area contributed by atoms with E-state index in [1.54, 1.807) is 18.2 Å². The molecule has 0 aliphatic rings. The molecule has 0 spiro atoms. The van der Waals surface area contributed by atoms with Gasteiger partial charge in [0.25, 0.3) is 15.2 Å². The number of phenolic OH excluding ortho intramolecular Hbond substituents is 1. The fourth-order valence-corrected chi connectivity index (χ4v) is 2.70. The van der Waals surface area contributed by atoms with Crippen molar-refractivity contribution in [3.05, 3.63) is 63.7 Å². The lowest BCUT2D eigenvalue weighted by Gasteiger charge is -2.09. The second-order valence-corrected chi connectivity index (χ2v) is 6.46. The number of carbonyl (C=O) groups excluding carboxylic acids is 1. The van der Waals surface area contributed by atoms with Gasteiger partial charge in [0.2, 0.25) is 0 Å². The van der Waals surface area contributed by atoms with Crippen molar-refractivity contribution in [1.82, 2.24) is 0 Å². The van der Waals surface area contributed by atoms with Crippen molar-refractivity contribution in [2.45, 2.75) is 17.9 Å². The summed E-state index contributed by atoms with van der Waals surface area (Å²) in [5, 5.41) is 18.6. The number of nitrogens with zero attached hydrogens (tertiary/aromatic N) is 1. The lowest BCUT2D eigenvalue weighted by atomic mass is 10.1. The predicted octanol–water partition coefficient (Wildman–Crippen LogP) is 1.50. The van der Waals surface area contributed by atoms with Gasteiger partial charge in [-0.15, -0.1) is 10.1 Å². The van der Waals surface area contributed by atoms with Gasteiger partial charge in [-0.3, -0.25) is 9.35 Å². The number of carbonyl (C=O) groups is 1. The van der Waals surface area contributed by atoms with E-state index in [2.05, 4.69) is 4.84 Å². The molecule has 0 aliphatic heterocycles. The molecule has 0 aliphatic carbocycles. The molecule has 0 fully saturated rings.